The normalized spacial score (nSPS) is 23.2. The van der Waals surface area contributed by atoms with Gasteiger partial charge in [0.15, 0.2) is 0 Å². The van der Waals surface area contributed by atoms with Crippen molar-refractivity contribution in [1.82, 2.24) is 25.0 Å². The summed E-state index contributed by atoms with van der Waals surface area (Å²) < 4.78 is 0. The van der Waals surface area contributed by atoms with Gasteiger partial charge in [-0.25, -0.2) is 0 Å². The fourth-order valence-corrected chi connectivity index (χ4v) is 4.73. The van der Waals surface area contributed by atoms with Gasteiger partial charge in [-0.05, 0) is 49.9 Å². The average Bonchev–Trinajstić information content (AvgIpc) is 2.74. The Hall–Kier alpha value is -1.99. The molecule has 3 fully saturated rings. The van der Waals surface area contributed by atoms with Crippen molar-refractivity contribution in [3.05, 3.63) is 30.1 Å². The van der Waals surface area contributed by atoms with Crippen LogP contribution in [0.15, 0.2) is 24.4 Å². The van der Waals surface area contributed by atoms with Gasteiger partial charge < -0.3 is 15.1 Å². The van der Waals surface area contributed by atoms with E-state index in [-0.39, 0.29) is 17.2 Å². The van der Waals surface area contributed by atoms with Crippen molar-refractivity contribution in [2.45, 2.75) is 32.2 Å². The number of carbonyl (C=O) groups is 2. The van der Waals surface area contributed by atoms with Gasteiger partial charge in [-0.2, -0.15) is 0 Å². The minimum absolute atomic E-state index is 0.206. The van der Waals surface area contributed by atoms with Crippen molar-refractivity contribution in [2.75, 3.05) is 52.4 Å². The van der Waals surface area contributed by atoms with Gasteiger partial charge in [0.05, 0.1) is 18.8 Å². The molecule has 1 aromatic rings. The topological polar surface area (TPSA) is 68.8 Å². The van der Waals surface area contributed by atoms with Crippen molar-refractivity contribution >= 4 is 11.8 Å². The largest absolute Gasteiger partial charge is 0.339 e. The van der Waals surface area contributed by atoms with Gasteiger partial charge in [-0.3, -0.25) is 19.5 Å². The molecule has 0 radical (unpaired) electrons. The summed E-state index contributed by atoms with van der Waals surface area (Å²) in [6.07, 6.45) is 5.52. The second kappa shape index (κ2) is 8.57. The van der Waals surface area contributed by atoms with E-state index in [1.54, 1.807) is 6.20 Å². The lowest BCUT2D eigenvalue weighted by atomic mass is 9.72. The predicted octanol–water partition coefficient (Wildman–Crippen LogP) is 0.718. The van der Waals surface area contributed by atoms with Gasteiger partial charge in [0.2, 0.25) is 11.8 Å². The standard InChI is InChI=1S/C21H31N5O2/c27-19-4-5-21(17-26(19)15-18-3-1-2-8-23-18)6-11-24(12-7-21)16-20(28)25-13-9-22-10-14-25/h1-3,8,22H,4-7,9-17H2. The first kappa shape index (κ1) is 19.3. The molecule has 0 saturated carbocycles. The van der Waals surface area contributed by atoms with Crippen LogP contribution >= 0.6 is 0 Å². The summed E-state index contributed by atoms with van der Waals surface area (Å²) >= 11 is 0. The van der Waals surface area contributed by atoms with E-state index in [9.17, 15) is 9.59 Å². The molecule has 28 heavy (non-hydrogen) atoms. The molecule has 0 atom stereocenters. The third-order valence-corrected chi connectivity index (χ3v) is 6.57. The fourth-order valence-electron chi connectivity index (χ4n) is 4.73. The van der Waals surface area contributed by atoms with Crippen LogP contribution < -0.4 is 5.32 Å². The van der Waals surface area contributed by atoms with Crippen molar-refractivity contribution < 1.29 is 9.59 Å². The second-order valence-corrected chi connectivity index (χ2v) is 8.48. The maximum atomic E-state index is 12.5. The number of aromatic nitrogens is 1. The van der Waals surface area contributed by atoms with Gasteiger partial charge in [0.1, 0.15) is 0 Å². The van der Waals surface area contributed by atoms with E-state index in [0.29, 0.717) is 19.5 Å². The molecule has 0 bridgehead atoms. The van der Waals surface area contributed by atoms with Gasteiger partial charge in [0, 0.05) is 45.3 Å². The number of hydrogen-bond acceptors (Lipinski definition) is 5. The fraction of sp³-hybridized carbons (Fsp3) is 0.667. The summed E-state index contributed by atoms with van der Waals surface area (Å²) in [5.74, 6) is 0.501. The minimum Gasteiger partial charge on any atom is -0.339 e. The predicted molar refractivity (Wildman–Crippen MR) is 106 cm³/mol. The van der Waals surface area contributed by atoms with Crippen molar-refractivity contribution in [3.63, 3.8) is 0 Å². The average molecular weight is 386 g/mol. The van der Waals surface area contributed by atoms with Gasteiger partial charge in [-0.1, -0.05) is 6.07 Å². The quantitative estimate of drug-likeness (QED) is 0.827. The van der Waals surface area contributed by atoms with E-state index < -0.39 is 0 Å². The number of nitrogens with zero attached hydrogens (tertiary/aromatic N) is 4. The summed E-state index contributed by atoms with van der Waals surface area (Å²) in [6.45, 7) is 7.29. The van der Waals surface area contributed by atoms with E-state index in [2.05, 4.69) is 15.2 Å². The van der Waals surface area contributed by atoms with Crippen LogP contribution in [0.1, 0.15) is 31.4 Å². The number of nitrogens with one attached hydrogen (secondary N) is 1. The van der Waals surface area contributed by atoms with Crippen molar-refractivity contribution in [2.24, 2.45) is 5.41 Å². The smallest absolute Gasteiger partial charge is 0.236 e. The Kier molecular flexibility index (Phi) is 5.92. The highest BCUT2D eigenvalue weighted by Gasteiger charge is 2.41. The maximum Gasteiger partial charge on any atom is 0.236 e. The molecule has 2 amide bonds. The number of hydrogen-bond donors (Lipinski definition) is 1. The van der Waals surface area contributed by atoms with E-state index >= 15 is 0 Å². The molecular formula is C21H31N5O2. The van der Waals surface area contributed by atoms with E-state index in [1.165, 1.54) is 0 Å². The molecule has 7 heteroatoms. The third kappa shape index (κ3) is 4.52. The summed E-state index contributed by atoms with van der Waals surface area (Å²) in [5, 5.41) is 3.29. The van der Waals surface area contributed by atoms with Gasteiger partial charge in [-0.15, -0.1) is 0 Å². The zero-order valence-corrected chi connectivity index (χ0v) is 16.6. The lowest BCUT2D eigenvalue weighted by Gasteiger charge is -2.47. The van der Waals surface area contributed by atoms with Crippen LogP contribution in [0.4, 0.5) is 0 Å². The lowest BCUT2D eigenvalue weighted by molar-refractivity contribution is -0.140. The molecule has 3 aliphatic heterocycles. The highest BCUT2D eigenvalue weighted by atomic mass is 16.2. The Bertz CT molecular complexity index is 681. The molecule has 0 aliphatic carbocycles. The number of piperazine rings is 1. The molecule has 152 valence electrons. The van der Waals surface area contributed by atoms with E-state index in [4.69, 9.17) is 0 Å². The summed E-state index contributed by atoms with van der Waals surface area (Å²) in [6, 6.07) is 5.86. The number of likely N-dealkylation sites (tertiary alicyclic amines) is 2. The first-order valence-corrected chi connectivity index (χ1v) is 10.5. The maximum absolute atomic E-state index is 12.5. The lowest BCUT2D eigenvalue weighted by Crippen LogP contribution is -2.53. The van der Waals surface area contributed by atoms with Crippen molar-refractivity contribution in [3.8, 4) is 0 Å². The van der Waals surface area contributed by atoms with Crippen molar-refractivity contribution in [1.29, 1.82) is 0 Å². The van der Waals surface area contributed by atoms with E-state index in [0.717, 1.165) is 70.8 Å². The van der Waals surface area contributed by atoms with Crippen LogP contribution in [-0.2, 0) is 16.1 Å². The first-order valence-electron chi connectivity index (χ1n) is 10.5. The highest BCUT2D eigenvalue weighted by molar-refractivity contribution is 5.78. The third-order valence-electron chi connectivity index (χ3n) is 6.57. The van der Waals surface area contributed by atoms with Gasteiger partial charge >= 0.3 is 0 Å². The SMILES string of the molecule is O=C(CN1CCC2(CCC(=O)N(Cc3ccccn3)C2)CC1)N1CCNCC1. The molecule has 0 unspecified atom stereocenters. The molecule has 7 nitrogen and oxygen atoms in total. The number of rotatable bonds is 4. The molecule has 0 aromatic carbocycles. The number of carbonyl (C=O) groups excluding carboxylic acids is 2. The zero-order valence-electron chi connectivity index (χ0n) is 16.6. The van der Waals surface area contributed by atoms with Crippen LogP contribution in [0.5, 0.6) is 0 Å². The molecule has 1 aromatic heterocycles. The minimum atomic E-state index is 0.206. The highest BCUT2D eigenvalue weighted by Crippen LogP contribution is 2.40. The molecule has 4 rings (SSSR count). The van der Waals surface area contributed by atoms with Crippen LogP contribution in [0, 0.1) is 5.41 Å². The zero-order chi connectivity index (χ0) is 19.4. The Morgan fingerprint density at radius 3 is 2.61 bits per heavy atom. The molecular weight excluding hydrogens is 354 g/mol. The molecule has 4 heterocycles. The van der Waals surface area contributed by atoms with Crippen LogP contribution in [0.25, 0.3) is 0 Å². The molecule has 1 N–H and O–H groups in total. The Labute approximate surface area is 167 Å². The van der Waals surface area contributed by atoms with Crippen LogP contribution in [-0.4, -0.2) is 83.9 Å². The Morgan fingerprint density at radius 2 is 1.89 bits per heavy atom. The Morgan fingerprint density at radius 1 is 1.11 bits per heavy atom. The summed E-state index contributed by atoms with van der Waals surface area (Å²) in [5.41, 5.74) is 1.16. The monoisotopic (exact) mass is 385 g/mol. The van der Waals surface area contributed by atoms with Crippen LogP contribution in [0.2, 0.25) is 0 Å². The molecule has 3 saturated heterocycles. The van der Waals surface area contributed by atoms with Crippen LogP contribution in [0.3, 0.4) is 0 Å². The van der Waals surface area contributed by atoms with Gasteiger partial charge in [0.25, 0.3) is 0 Å². The Balaban J connectivity index is 1.30. The second-order valence-electron chi connectivity index (χ2n) is 8.48. The van der Waals surface area contributed by atoms with E-state index in [1.807, 2.05) is 28.0 Å². The number of amides is 2. The number of pyridine rings is 1. The molecule has 3 aliphatic rings. The number of piperidine rings is 2. The summed E-state index contributed by atoms with van der Waals surface area (Å²) in [4.78, 5) is 35.6. The summed E-state index contributed by atoms with van der Waals surface area (Å²) in [7, 11) is 0. The first-order chi connectivity index (χ1) is 13.6. The molecule has 1 spiro atoms.